The molecule has 2 amide bonds. The number of carbonyl (C=O) groups excluding carboxylic acids is 2. The van der Waals surface area contributed by atoms with Crippen LogP contribution >= 0.6 is 0 Å². The Hall–Kier alpha value is -3.83. The Morgan fingerprint density at radius 1 is 1.03 bits per heavy atom. The highest BCUT2D eigenvalue weighted by atomic mass is 16.5. The number of ether oxygens (including phenoxy) is 2. The number of carbonyl (C=O) groups is 3. The van der Waals surface area contributed by atoms with Crippen molar-refractivity contribution >= 4 is 18.0 Å². The van der Waals surface area contributed by atoms with E-state index >= 15 is 0 Å². The molecule has 0 heterocycles. The molecule has 0 fully saturated rings. The second-order valence-electron chi connectivity index (χ2n) is 8.77. The lowest BCUT2D eigenvalue weighted by Crippen LogP contribution is -2.50. The van der Waals surface area contributed by atoms with Gasteiger partial charge in [0.05, 0.1) is 18.8 Å². The van der Waals surface area contributed by atoms with Gasteiger partial charge in [-0.1, -0.05) is 54.5 Å². The summed E-state index contributed by atoms with van der Waals surface area (Å²) in [4.78, 5) is 35.7. The molecular weight excluding hydrogens is 436 g/mol. The number of fused-ring (bicyclic) bond motifs is 3. The lowest BCUT2D eigenvalue weighted by Gasteiger charge is -2.24. The maximum absolute atomic E-state index is 12.6. The predicted molar refractivity (Wildman–Crippen MR) is 126 cm³/mol. The van der Waals surface area contributed by atoms with Gasteiger partial charge in [0.25, 0.3) is 0 Å². The first kappa shape index (κ1) is 24.8. The average Bonchev–Trinajstić information content (AvgIpc) is 3.11. The summed E-state index contributed by atoms with van der Waals surface area (Å²) in [6.07, 6.45) is -0.754. The third-order valence-electron chi connectivity index (χ3n) is 5.18. The summed E-state index contributed by atoms with van der Waals surface area (Å²) in [6, 6.07) is 15.0. The molecule has 1 atom stereocenters. The van der Waals surface area contributed by atoms with E-state index in [1.165, 1.54) is 0 Å². The van der Waals surface area contributed by atoms with E-state index in [1.54, 1.807) is 0 Å². The molecule has 3 rings (SSSR count). The molecule has 0 spiro atoms. The molecule has 1 aliphatic rings. The minimum Gasteiger partial charge on any atom is -0.472 e. The molecule has 1 aliphatic carbocycles. The van der Waals surface area contributed by atoms with Crippen molar-refractivity contribution in [1.29, 1.82) is 0 Å². The molecule has 0 aromatic heterocycles. The van der Waals surface area contributed by atoms with Gasteiger partial charge < -0.3 is 25.2 Å². The fourth-order valence-corrected chi connectivity index (χ4v) is 3.67. The van der Waals surface area contributed by atoms with E-state index in [0.29, 0.717) is 0 Å². The molecule has 0 aliphatic heterocycles. The van der Waals surface area contributed by atoms with Crippen LogP contribution in [0, 0.1) is 11.8 Å². The highest BCUT2D eigenvalue weighted by molar-refractivity contribution is 5.88. The Balaban J connectivity index is 1.64. The van der Waals surface area contributed by atoms with Crippen LogP contribution in [0.3, 0.4) is 0 Å². The number of hydrogen-bond donors (Lipinski definition) is 3. The summed E-state index contributed by atoms with van der Waals surface area (Å²) in [5, 5.41) is 13.6. The van der Waals surface area contributed by atoms with Crippen LogP contribution in [0.2, 0.25) is 0 Å². The largest absolute Gasteiger partial charge is 0.472 e. The molecule has 8 nitrogen and oxygen atoms in total. The number of benzene rings is 2. The van der Waals surface area contributed by atoms with E-state index in [-0.39, 0.29) is 25.7 Å². The molecule has 0 saturated carbocycles. The highest BCUT2D eigenvalue weighted by Gasteiger charge is 2.30. The minimum absolute atomic E-state index is 0.0914. The van der Waals surface area contributed by atoms with Crippen LogP contribution in [0.4, 0.5) is 4.79 Å². The number of amides is 2. The van der Waals surface area contributed by atoms with Crippen molar-refractivity contribution < 1.29 is 29.0 Å². The third-order valence-corrected chi connectivity index (χ3v) is 5.18. The zero-order chi connectivity index (χ0) is 24.7. The first-order valence-corrected chi connectivity index (χ1v) is 10.9. The summed E-state index contributed by atoms with van der Waals surface area (Å²) in [6.45, 7) is 5.32. The second-order valence-corrected chi connectivity index (χ2v) is 8.77. The Morgan fingerprint density at radius 2 is 1.62 bits per heavy atom. The van der Waals surface area contributed by atoms with Crippen molar-refractivity contribution in [3.63, 3.8) is 0 Å². The van der Waals surface area contributed by atoms with E-state index in [9.17, 15) is 14.4 Å². The van der Waals surface area contributed by atoms with Gasteiger partial charge >= 0.3 is 12.1 Å². The summed E-state index contributed by atoms with van der Waals surface area (Å²) < 4.78 is 11.2. The minimum atomic E-state index is -1.29. The molecule has 2 aromatic carbocycles. The van der Waals surface area contributed by atoms with Crippen LogP contribution in [-0.4, -0.2) is 54.5 Å². The SMILES string of the molecule is CC(C)(C)OC[C@H](NC(=O)OCC1c2ccccc2-c2ccccc21)C(=O)NCC#CC(=O)O. The molecule has 0 bridgehead atoms. The molecule has 8 heteroatoms. The monoisotopic (exact) mass is 464 g/mol. The lowest BCUT2D eigenvalue weighted by atomic mass is 9.98. The Labute approximate surface area is 198 Å². The maximum Gasteiger partial charge on any atom is 0.407 e. The van der Waals surface area contributed by atoms with Crippen LogP contribution in [0.25, 0.3) is 11.1 Å². The fraction of sp³-hybridized carbons (Fsp3) is 0.346. The zero-order valence-electron chi connectivity index (χ0n) is 19.4. The predicted octanol–water partition coefficient (Wildman–Crippen LogP) is 2.91. The summed E-state index contributed by atoms with van der Waals surface area (Å²) in [5.41, 5.74) is 3.86. The normalized spacial score (nSPS) is 13.0. The molecule has 0 radical (unpaired) electrons. The van der Waals surface area contributed by atoms with E-state index in [1.807, 2.05) is 75.2 Å². The zero-order valence-corrected chi connectivity index (χ0v) is 19.4. The fourth-order valence-electron chi connectivity index (χ4n) is 3.67. The van der Waals surface area contributed by atoms with Gasteiger partial charge in [-0.25, -0.2) is 9.59 Å². The number of rotatable bonds is 7. The quantitative estimate of drug-likeness (QED) is 0.543. The van der Waals surface area contributed by atoms with Crippen molar-refractivity contribution in [1.82, 2.24) is 10.6 Å². The standard InChI is InChI=1S/C26H28N2O6/c1-26(2,3)34-16-22(24(31)27-14-8-13-23(29)30)28-25(32)33-15-21-19-11-6-4-9-17(19)18-10-5-7-12-20(18)21/h4-7,9-12,21-22H,14-16H2,1-3H3,(H,27,31)(H,28,32)(H,29,30)/t22-/m0/s1. The third kappa shape index (κ3) is 6.59. The average molecular weight is 465 g/mol. The van der Waals surface area contributed by atoms with Crippen LogP contribution in [0.1, 0.15) is 37.8 Å². The Kier molecular flexibility index (Phi) is 7.92. The first-order valence-electron chi connectivity index (χ1n) is 10.9. The number of hydrogen-bond acceptors (Lipinski definition) is 5. The summed E-state index contributed by atoms with van der Waals surface area (Å²) >= 11 is 0. The van der Waals surface area contributed by atoms with Crippen molar-refractivity contribution in [2.24, 2.45) is 0 Å². The Morgan fingerprint density at radius 3 is 2.18 bits per heavy atom. The molecular formula is C26H28N2O6. The smallest absolute Gasteiger partial charge is 0.407 e. The van der Waals surface area contributed by atoms with Gasteiger partial charge in [0.15, 0.2) is 0 Å². The molecule has 2 aromatic rings. The number of carboxylic acid groups (broad SMARTS) is 1. The number of nitrogens with one attached hydrogen (secondary N) is 2. The van der Waals surface area contributed by atoms with E-state index < -0.39 is 29.6 Å². The molecule has 178 valence electrons. The molecule has 34 heavy (non-hydrogen) atoms. The summed E-state index contributed by atoms with van der Waals surface area (Å²) in [5.74, 6) is 2.26. The highest BCUT2D eigenvalue weighted by Crippen LogP contribution is 2.44. The van der Waals surface area contributed by atoms with Crippen LogP contribution in [-0.2, 0) is 19.1 Å². The van der Waals surface area contributed by atoms with Crippen LogP contribution in [0.5, 0.6) is 0 Å². The van der Waals surface area contributed by atoms with E-state index in [2.05, 4.69) is 16.6 Å². The van der Waals surface area contributed by atoms with Gasteiger partial charge in [-0.05, 0) is 43.0 Å². The van der Waals surface area contributed by atoms with Gasteiger partial charge in [-0.15, -0.1) is 0 Å². The van der Waals surface area contributed by atoms with Gasteiger partial charge in [-0.3, -0.25) is 4.79 Å². The van der Waals surface area contributed by atoms with Gasteiger partial charge in [0, 0.05) is 11.8 Å². The molecule has 0 saturated heterocycles. The van der Waals surface area contributed by atoms with Gasteiger partial charge in [0.2, 0.25) is 5.91 Å². The molecule has 3 N–H and O–H groups in total. The molecule has 0 unspecified atom stereocenters. The Bertz CT molecular complexity index is 1080. The van der Waals surface area contributed by atoms with Gasteiger partial charge in [-0.2, -0.15) is 0 Å². The summed E-state index contributed by atoms with van der Waals surface area (Å²) in [7, 11) is 0. The van der Waals surface area contributed by atoms with E-state index in [4.69, 9.17) is 14.6 Å². The van der Waals surface area contributed by atoms with Crippen molar-refractivity contribution in [3.8, 4) is 23.0 Å². The van der Waals surface area contributed by atoms with E-state index in [0.717, 1.165) is 22.3 Å². The first-order chi connectivity index (χ1) is 16.2. The second kappa shape index (κ2) is 10.9. The topological polar surface area (TPSA) is 114 Å². The number of aliphatic carboxylic acids is 1. The van der Waals surface area contributed by atoms with Crippen LogP contribution < -0.4 is 10.6 Å². The lowest BCUT2D eigenvalue weighted by molar-refractivity contribution is -0.130. The van der Waals surface area contributed by atoms with Crippen LogP contribution in [0.15, 0.2) is 48.5 Å². The van der Waals surface area contributed by atoms with Crippen molar-refractivity contribution in [2.45, 2.75) is 38.3 Å². The number of carboxylic acids is 1. The maximum atomic E-state index is 12.6. The number of alkyl carbamates (subject to hydrolysis) is 1. The van der Waals surface area contributed by atoms with Crippen molar-refractivity contribution in [3.05, 3.63) is 59.7 Å². The van der Waals surface area contributed by atoms with Gasteiger partial charge in [0.1, 0.15) is 12.6 Å². The van der Waals surface area contributed by atoms with Crippen molar-refractivity contribution in [2.75, 3.05) is 19.8 Å².